The van der Waals surface area contributed by atoms with E-state index >= 15 is 0 Å². The van der Waals surface area contributed by atoms with Crippen molar-refractivity contribution in [3.63, 3.8) is 0 Å². The Bertz CT molecular complexity index is 701. The summed E-state index contributed by atoms with van der Waals surface area (Å²) >= 11 is 0. The summed E-state index contributed by atoms with van der Waals surface area (Å²) in [6.45, 7) is 4.48. The normalized spacial score (nSPS) is 12.8. The van der Waals surface area contributed by atoms with E-state index in [0.29, 0.717) is 12.3 Å². The maximum atomic E-state index is 12.1. The lowest BCUT2D eigenvalue weighted by molar-refractivity contribution is 0.174. The minimum Gasteiger partial charge on any atom is -0.454 e. The number of hydrogen-bond acceptors (Lipinski definition) is 4. The van der Waals surface area contributed by atoms with E-state index in [4.69, 9.17) is 9.47 Å². The molecular formula is C17H19N3O3. The molecule has 0 unspecified atom stereocenters. The van der Waals surface area contributed by atoms with Crippen molar-refractivity contribution in [2.45, 2.75) is 25.9 Å². The summed E-state index contributed by atoms with van der Waals surface area (Å²) < 4.78 is 10.7. The Labute approximate surface area is 134 Å². The van der Waals surface area contributed by atoms with E-state index in [1.807, 2.05) is 50.2 Å². The predicted octanol–water partition coefficient (Wildman–Crippen LogP) is 2.54. The molecule has 6 nitrogen and oxygen atoms in total. The number of carbonyl (C=O) groups is 1. The molecule has 0 saturated heterocycles. The highest BCUT2D eigenvalue weighted by Crippen LogP contribution is 2.35. The molecule has 6 heteroatoms. The summed E-state index contributed by atoms with van der Waals surface area (Å²) in [6.07, 6.45) is 1.70. The third-order valence-electron chi connectivity index (χ3n) is 3.68. The van der Waals surface area contributed by atoms with Crippen molar-refractivity contribution in [3.05, 3.63) is 53.9 Å². The molecule has 0 fully saturated rings. The first kappa shape index (κ1) is 15.1. The fraction of sp³-hybridized carbons (Fsp3) is 0.294. The minimum atomic E-state index is -0.546. The number of pyridine rings is 1. The summed E-state index contributed by atoms with van der Waals surface area (Å²) in [5.74, 6) is 1.43. The molecular weight excluding hydrogens is 294 g/mol. The Kier molecular flexibility index (Phi) is 4.06. The molecule has 0 radical (unpaired) electrons. The quantitative estimate of drug-likeness (QED) is 0.910. The second kappa shape index (κ2) is 6.16. The van der Waals surface area contributed by atoms with Crippen LogP contribution in [-0.2, 0) is 12.1 Å². The van der Waals surface area contributed by atoms with E-state index in [-0.39, 0.29) is 12.8 Å². The van der Waals surface area contributed by atoms with E-state index in [0.717, 1.165) is 17.0 Å². The molecule has 2 N–H and O–H groups in total. The van der Waals surface area contributed by atoms with E-state index in [9.17, 15) is 4.79 Å². The largest absolute Gasteiger partial charge is 0.454 e. The van der Waals surface area contributed by atoms with Crippen LogP contribution in [0.3, 0.4) is 0 Å². The smallest absolute Gasteiger partial charge is 0.315 e. The zero-order valence-corrected chi connectivity index (χ0v) is 13.1. The third-order valence-corrected chi connectivity index (χ3v) is 3.68. The molecule has 0 saturated carbocycles. The SMILES string of the molecule is CC(C)(NC(=O)NCc1ccccn1)c1ccc2c(c1)OCO2. The van der Waals surface area contributed by atoms with Gasteiger partial charge in [0.05, 0.1) is 17.8 Å². The average Bonchev–Trinajstić information content (AvgIpc) is 3.01. The standard InChI is InChI=1S/C17H19N3O3/c1-17(2,12-6-7-14-15(9-12)23-11-22-14)20-16(21)19-10-13-5-3-4-8-18-13/h3-9H,10-11H2,1-2H3,(H2,19,20,21). The highest BCUT2D eigenvalue weighted by atomic mass is 16.7. The first-order valence-electron chi connectivity index (χ1n) is 7.41. The second-order valence-electron chi connectivity index (χ2n) is 5.82. The summed E-state index contributed by atoms with van der Waals surface area (Å²) in [5, 5.41) is 5.77. The Morgan fingerprint density at radius 2 is 2.04 bits per heavy atom. The number of aromatic nitrogens is 1. The zero-order chi connectivity index (χ0) is 16.3. The summed E-state index contributed by atoms with van der Waals surface area (Å²) in [7, 11) is 0. The Morgan fingerprint density at radius 3 is 2.83 bits per heavy atom. The van der Waals surface area contributed by atoms with Crippen LogP contribution >= 0.6 is 0 Å². The van der Waals surface area contributed by atoms with Gasteiger partial charge in [0.1, 0.15) is 0 Å². The first-order valence-corrected chi connectivity index (χ1v) is 7.41. The van der Waals surface area contributed by atoms with E-state index in [2.05, 4.69) is 15.6 Å². The van der Waals surface area contributed by atoms with Gasteiger partial charge in [-0.05, 0) is 43.7 Å². The van der Waals surface area contributed by atoms with Gasteiger partial charge in [-0.2, -0.15) is 0 Å². The van der Waals surface area contributed by atoms with Gasteiger partial charge < -0.3 is 20.1 Å². The minimum absolute atomic E-state index is 0.233. The van der Waals surface area contributed by atoms with Gasteiger partial charge in [-0.15, -0.1) is 0 Å². The lowest BCUT2D eigenvalue weighted by Gasteiger charge is -2.27. The molecule has 2 amide bonds. The maximum absolute atomic E-state index is 12.1. The molecule has 1 aliphatic rings. The molecule has 0 spiro atoms. The molecule has 1 aromatic heterocycles. The fourth-order valence-electron chi connectivity index (χ4n) is 2.36. The molecule has 0 aliphatic carbocycles. The number of urea groups is 1. The summed E-state index contributed by atoms with van der Waals surface area (Å²) in [5.41, 5.74) is 1.20. The van der Waals surface area contributed by atoms with Crippen LogP contribution in [0.1, 0.15) is 25.1 Å². The molecule has 3 rings (SSSR count). The number of carbonyl (C=O) groups excluding carboxylic acids is 1. The molecule has 2 heterocycles. The third kappa shape index (κ3) is 3.53. The monoisotopic (exact) mass is 313 g/mol. The van der Waals surface area contributed by atoms with E-state index < -0.39 is 5.54 Å². The lowest BCUT2D eigenvalue weighted by Crippen LogP contribution is -2.46. The number of fused-ring (bicyclic) bond motifs is 1. The summed E-state index contributed by atoms with van der Waals surface area (Å²) in [6, 6.07) is 11.0. The van der Waals surface area contributed by atoms with Crippen molar-refractivity contribution in [2.24, 2.45) is 0 Å². The molecule has 0 atom stereocenters. The van der Waals surface area contributed by atoms with Gasteiger partial charge in [-0.25, -0.2) is 4.79 Å². The number of hydrogen-bond donors (Lipinski definition) is 2. The van der Waals surface area contributed by atoms with Gasteiger partial charge in [0.2, 0.25) is 6.79 Å². The van der Waals surface area contributed by atoms with Gasteiger partial charge in [-0.3, -0.25) is 4.98 Å². The number of rotatable bonds is 4. The Balaban J connectivity index is 1.62. The van der Waals surface area contributed by atoms with Crippen LogP contribution in [0, 0.1) is 0 Å². The second-order valence-corrected chi connectivity index (χ2v) is 5.82. The van der Waals surface area contributed by atoms with Gasteiger partial charge in [-0.1, -0.05) is 12.1 Å². The van der Waals surface area contributed by atoms with Gasteiger partial charge in [0.15, 0.2) is 11.5 Å². The Morgan fingerprint density at radius 1 is 1.22 bits per heavy atom. The number of ether oxygens (including phenoxy) is 2. The molecule has 1 aromatic carbocycles. The maximum Gasteiger partial charge on any atom is 0.315 e. The number of amides is 2. The molecule has 0 bridgehead atoms. The fourth-order valence-corrected chi connectivity index (χ4v) is 2.36. The topological polar surface area (TPSA) is 72.5 Å². The van der Waals surface area contributed by atoms with Crippen molar-refractivity contribution in [1.29, 1.82) is 0 Å². The van der Waals surface area contributed by atoms with Crippen LogP contribution in [-0.4, -0.2) is 17.8 Å². The van der Waals surface area contributed by atoms with Crippen LogP contribution < -0.4 is 20.1 Å². The van der Waals surface area contributed by atoms with Crippen molar-refractivity contribution in [3.8, 4) is 11.5 Å². The van der Waals surface area contributed by atoms with Crippen LogP contribution in [0.25, 0.3) is 0 Å². The van der Waals surface area contributed by atoms with Crippen molar-refractivity contribution < 1.29 is 14.3 Å². The zero-order valence-electron chi connectivity index (χ0n) is 13.1. The molecule has 2 aromatic rings. The molecule has 23 heavy (non-hydrogen) atoms. The van der Waals surface area contributed by atoms with Crippen LogP contribution in [0.4, 0.5) is 4.79 Å². The number of nitrogens with one attached hydrogen (secondary N) is 2. The van der Waals surface area contributed by atoms with E-state index in [1.54, 1.807) is 6.20 Å². The van der Waals surface area contributed by atoms with Gasteiger partial charge in [0.25, 0.3) is 0 Å². The van der Waals surface area contributed by atoms with Gasteiger partial charge >= 0.3 is 6.03 Å². The number of benzene rings is 1. The molecule has 120 valence electrons. The van der Waals surface area contributed by atoms with Gasteiger partial charge in [0, 0.05) is 6.20 Å². The van der Waals surface area contributed by atoms with Crippen molar-refractivity contribution >= 4 is 6.03 Å². The Hall–Kier alpha value is -2.76. The van der Waals surface area contributed by atoms with Crippen LogP contribution in [0.15, 0.2) is 42.6 Å². The van der Waals surface area contributed by atoms with Crippen LogP contribution in [0.5, 0.6) is 11.5 Å². The molecule has 1 aliphatic heterocycles. The number of nitrogens with zero attached hydrogens (tertiary/aromatic N) is 1. The van der Waals surface area contributed by atoms with Crippen LogP contribution in [0.2, 0.25) is 0 Å². The lowest BCUT2D eigenvalue weighted by atomic mass is 9.94. The summed E-state index contributed by atoms with van der Waals surface area (Å²) in [4.78, 5) is 16.3. The highest BCUT2D eigenvalue weighted by Gasteiger charge is 2.25. The highest BCUT2D eigenvalue weighted by molar-refractivity contribution is 5.75. The average molecular weight is 313 g/mol. The van der Waals surface area contributed by atoms with Crippen molar-refractivity contribution in [2.75, 3.05) is 6.79 Å². The van der Waals surface area contributed by atoms with E-state index in [1.165, 1.54) is 0 Å². The first-order chi connectivity index (χ1) is 11.0. The van der Waals surface area contributed by atoms with Crippen molar-refractivity contribution in [1.82, 2.24) is 15.6 Å². The predicted molar refractivity (Wildman–Crippen MR) is 85.2 cm³/mol.